The van der Waals surface area contributed by atoms with Gasteiger partial charge in [-0.15, -0.1) is 10.2 Å². The third kappa shape index (κ3) is 4.50. The molecule has 0 saturated heterocycles. The number of nitrogens with zero attached hydrogens (tertiary/aromatic N) is 4. The van der Waals surface area contributed by atoms with Crippen LogP contribution in [0.15, 0.2) is 48.7 Å². The second kappa shape index (κ2) is 9.73. The van der Waals surface area contributed by atoms with Gasteiger partial charge in [-0.1, -0.05) is 38.1 Å². The van der Waals surface area contributed by atoms with Gasteiger partial charge in [-0.05, 0) is 54.5 Å². The summed E-state index contributed by atoms with van der Waals surface area (Å²) in [6.07, 6.45) is 5.28. The SMILES string of the molecule is CSCC[C@H](NC(=O)[C@@H](CC(C)C)N1Cc2ccccc2C1=O)c1nnc2ccccn12. The summed E-state index contributed by atoms with van der Waals surface area (Å²) in [6, 6.07) is 12.5. The number of thioether (sulfide) groups is 1. The molecule has 7 nitrogen and oxygen atoms in total. The fraction of sp³-hybridized carbons (Fsp3) is 0.417. The fourth-order valence-electron chi connectivity index (χ4n) is 4.22. The van der Waals surface area contributed by atoms with Crippen molar-refractivity contribution in [3.8, 4) is 0 Å². The highest BCUT2D eigenvalue weighted by atomic mass is 32.2. The smallest absolute Gasteiger partial charge is 0.255 e. The molecule has 0 saturated carbocycles. The van der Waals surface area contributed by atoms with Crippen molar-refractivity contribution < 1.29 is 9.59 Å². The van der Waals surface area contributed by atoms with Gasteiger partial charge in [0.25, 0.3) is 5.91 Å². The Bertz CT molecular complexity index is 1110. The zero-order chi connectivity index (χ0) is 22.7. The van der Waals surface area contributed by atoms with Gasteiger partial charge in [-0.25, -0.2) is 0 Å². The normalized spacial score (nSPS) is 15.2. The van der Waals surface area contributed by atoms with Gasteiger partial charge < -0.3 is 10.2 Å². The van der Waals surface area contributed by atoms with Crippen LogP contribution >= 0.6 is 11.8 Å². The molecule has 0 fully saturated rings. The second-order valence-electron chi connectivity index (χ2n) is 8.57. The van der Waals surface area contributed by atoms with Crippen LogP contribution in [0.1, 0.15) is 54.5 Å². The summed E-state index contributed by atoms with van der Waals surface area (Å²) < 4.78 is 1.92. The number of hydrogen-bond donors (Lipinski definition) is 1. The molecule has 3 heterocycles. The number of carbonyl (C=O) groups excluding carboxylic acids is 2. The molecular formula is C24H29N5O2S. The van der Waals surface area contributed by atoms with Gasteiger partial charge in [0.05, 0.1) is 6.04 Å². The number of rotatable bonds is 9. The molecule has 3 aromatic rings. The Morgan fingerprint density at radius 3 is 2.69 bits per heavy atom. The standard InChI is InChI=1S/C24H29N5O2S/c1-16(2)14-20(29-15-17-8-4-5-9-18(17)24(29)31)23(30)25-19(11-13-32-3)22-27-26-21-10-6-7-12-28(21)22/h4-10,12,16,19-20H,11,13-15H2,1-3H3,(H,25,30)/t19-,20+/m0/s1. The first-order chi connectivity index (χ1) is 15.5. The maximum absolute atomic E-state index is 13.6. The van der Waals surface area contributed by atoms with E-state index in [0.29, 0.717) is 24.4 Å². The summed E-state index contributed by atoms with van der Waals surface area (Å²) in [7, 11) is 0. The van der Waals surface area contributed by atoms with E-state index in [0.717, 1.165) is 23.4 Å². The van der Waals surface area contributed by atoms with Crippen molar-refractivity contribution >= 4 is 29.2 Å². The highest BCUT2D eigenvalue weighted by Crippen LogP contribution is 2.28. The molecule has 2 atom stereocenters. The Hall–Kier alpha value is -2.87. The number of fused-ring (bicyclic) bond motifs is 2. The number of pyridine rings is 1. The molecule has 8 heteroatoms. The van der Waals surface area contributed by atoms with Gasteiger partial charge in [0.1, 0.15) is 6.04 Å². The van der Waals surface area contributed by atoms with Crippen LogP contribution in [-0.2, 0) is 11.3 Å². The lowest BCUT2D eigenvalue weighted by atomic mass is 10.0. The van der Waals surface area contributed by atoms with E-state index in [-0.39, 0.29) is 23.8 Å². The Morgan fingerprint density at radius 2 is 1.94 bits per heavy atom. The molecule has 0 aliphatic carbocycles. The summed E-state index contributed by atoms with van der Waals surface area (Å²) in [5, 5.41) is 11.8. The molecule has 1 aromatic carbocycles. The van der Waals surface area contributed by atoms with Crippen LogP contribution in [0.3, 0.4) is 0 Å². The van der Waals surface area contributed by atoms with Crippen molar-refractivity contribution in [3.63, 3.8) is 0 Å². The molecule has 0 radical (unpaired) electrons. The lowest BCUT2D eigenvalue weighted by molar-refractivity contribution is -0.127. The Balaban J connectivity index is 1.60. The minimum atomic E-state index is -0.536. The Kier molecular flexibility index (Phi) is 6.79. The summed E-state index contributed by atoms with van der Waals surface area (Å²) >= 11 is 1.72. The average molecular weight is 452 g/mol. The molecule has 1 aliphatic rings. The highest BCUT2D eigenvalue weighted by Gasteiger charge is 2.37. The van der Waals surface area contributed by atoms with E-state index in [1.165, 1.54) is 0 Å². The van der Waals surface area contributed by atoms with Crippen molar-refractivity contribution in [2.45, 2.75) is 45.3 Å². The van der Waals surface area contributed by atoms with Gasteiger partial charge >= 0.3 is 0 Å². The molecule has 32 heavy (non-hydrogen) atoms. The second-order valence-corrected chi connectivity index (χ2v) is 9.55. The minimum absolute atomic E-state index is 0.0741. The Labute approximate surface area is 192 Å². The maximum atomic E-state index is 13.6. The van der Waals surface area contributed by atoms with E-state index in [9.17, 15) is 9.59 Å². The lowest BCUT2D eigenvalue weighted by Gasteiger charge is -2.30. The fourth-order valence-corrected chi connectivity index (χ4v) is 4.69. The van der Waals surface area contributed by atoms with Crippen molar-refractivity contribution in [2.75, 3.05) is 12.0 Å². The molecule has 1 N–H and O–H groups in total. The van der Waals surface area contributed by atoms with Crippen LogP contribution in [0.2, 0.25) is 0 Å². The van der Waals surface area contributed by atoms with Crippen LogP contribution in [0, 0.1) is 5.92 Å². The average Bonchev–Trinajstić information content (AvgIpc) is 3.36. The zero-order valence-electron chi connectivity index (χ0n) is 18.7. The van der Waals surface area contributed by atoms with Crippen molar-refractivity contribution in [3.05, 3.63) is 65.6 Å². The van der Waals surface area contributed by atoms with Gasteiger partial charge in [-0.3, -0.25) is 14.0 Å². The van der Waals surface area contributed by atoms with Crippen LogP contribution in [-0.4, -0.2) is 49.4 Å². The van der Waals surface area contributed by atoms with Crippen LogP contribution in [0.4, 0.5) is 0 Å². The van der Waals surface area contributed by atoms with Crippen molar-refractivity contribution in [1.29, 1.82) is 0 Å². The van der Waals surface area contributed by atoms with Gasteiger partial charge in [-0.2, -0.15) is 11.8 Å². The van der Waals surface area contributed by atoms with Gasteiger partial charge in [0, 0.05) is 18.3 Å². The number of aromatic nitrogens is 3. The molecule has 0 unspecified atom stereocenters. The van der Waals surface area contributed by atoms with Gasteiger partial charge in [0.2, 0.25) is 5.91 Å². The van der Waals surface area contributed by atoms with Crippen LogP contribution < -0.4 is 5.32 Å². The predicted octanol–water partition coefficient (Wildman–Crippen LogP) is 3.71. The molecule has 0 bridgehead atoms. The van der Waals surface area contributed by atoms with E-state index >= 15 is 0 Å². The molecule has 168 valence electrons. The molecular weight excluding hydrogens is 422 g/mol. The molecule has 0 spiro atoms. The third-order valence-electron chi connectivity index (χ3n) is 5.80. The number of benzene rings is 1. The lowest BCUT2D eigenvalue weighted by Crippen LogP contribution is -2.49. The summed E-state index contributed by atoms with van der Waals surface area (Å²) in [5.74, 6) is 1.63. The highest BCUT2D eigenvalue weighted by molar-refractivity contribution is 7.98. The minimum Gasteiger partial charge on any atom is -0.344 e. The number of carbonyl (C=O) groups is 2. The van der Waals surface area contributed by atoms with Gasteiger partial charge in [0.15, 0.2) is 11.5 Å². The topological polar surface area (TPSA) is 79.6 Å². The van der Waals surface area contributed by atoms with Crippen LogP contribution in [0.25, 0.3) is 5.65 Å². The van der Waals surface area contributed by atoms with E-state index in [1.807, 2.05) is 59.3 Å². The van der Waals surface area contributed by atoms with Crippen LogP contribution in [0.5, 0.6) is 0 Å². The molecule has 1 aliphatic heterocycles. The monoisotopic (exact) mass is 451 g/mol. The van der Waals surface area contributed by atoms with E-state index in [1.54, 1.807) is 16.7 Å². The number of hydrogen-bond acceptors (Lipinski definition) is 5. The third-order valence-corrected chi connectivity index (χ3v) is 6.45. The molecule has 2 aromatic heterocycles. The molecule has 4 rings (SSSR count). The van der Waals surface area contributed by atoms with E-state index in [2.05, 4.69) is 29.4 Å². The summed E-state index contributed by atoms with van der Waals surface area (Å²) in [6.45, 7) is 4.61. The zero-order valence-corrected chi connectivity index (χ0v) is 19.5. The largest absolute Gasteiger partial charge is 0.344 e. The summed E-state index contributed by atoms with van der Waals surface area (Å²) in [4.78, 5) is 28.4. The quantitative estimate of drug-likeness (QED) is 0.537. The van der Waals surface area contributed by atoms with Crippen molar-refractivity contribution in [1.82, 2.24) is 24.8 Å². The number of nitrogens with one attached hydrogen (secondary N) is 1. The van der Waals surface area contributed by atoms with E-state index in [4.69, 9.17) is 0 Å². The first-order valence-corrected chi connectivity index (χ1v) is 12.4. The Morgan fingerprint density at radius 1 is 1.16 bits per heavy atom. The van der Waals surface area contributed by atoms with E-state index < -0.39 is 6.04 Å². The first kappa shape index (κ1) is 22.3. The van der Waals surface area contributed by atoms with Crippen molar-refractivity contribution in [2.24, 2.45) is 5.92 Å². The first-order valence-electron chi connectivity index (χ1n) is 11.0. The summed E-state index contributed by atoms with van der Waals surface area (Å²) in [5.41, 5.74) is 2.41. The predicted molar refractivity (Wildman–Crippen MR) is 126 cm³/mol. The molecule has 2 amide bonds. The maximum Gasteiger partial charge on any atom is 0.255 e. The number of amides is 2.